The molecule has 0 radical (unpaired) electrons. The summed E-state index contributed by atoms with van der Waals surface area (Å²) in [5.74, 6) is 0.831. The van der Waals surface area contributed by atoms with E-state index < -0.39 is 5.54 Å². The Balaban J connectivity index is 1.13. The molecular formula is C22H24Cl2N4O4. The molecule has 1 aromatic heterocycles. The molecule has 4 rings (SSSR count). The van der Waals surface area contributed by atoms with Gasteiger partial charge >= 0.3 is 0 Å². The number of carbonyl (C=O) groups excluding carboxylic acids is 2. The third kappa shape index (κ3) is 6.01. The van der Waals surface area contributed by atoms with Gasteiger partial charge in [0.25, 0.3) is 11.8 Å². The summed E-state index contributed by atoms with van der Waals surface area (Å²) in [6, 6.07) is 4.78. The SMILES string of the molecule is CC1(NC(=O)COc2ccc(Cl)c(Cl)c2)CC(NC(=O)COc2cnc(C3CC3)cn2)C1. The topological polar surface area (TPSA) is 102 Å². The van der Waals surface area contributed by atoms with Crippen LogP contribution in [0.15, 0.2) is 30.6 Å². The van der Waals surface area contributed by atoms with Crippen molar-refractivity contribution in [2.24, 2.45) is 0 Å². The van der Waals surface area contributed by atoms with Gasteiger partial charge in [-0.15, -0.1) is 0 Å². The van der Waals surface area contributed by atoms with Gasteiger partial charge in [0.05, 0.1) is 28.1 Å². The fourth-order valence-electron chi connectivity index (χ4n) is 3.72. The second-order valence-corrected chi connectivity index (χ2v) is 9.30. The van der Waals surface area contributed by atoms with Gasteiger partial charge in [0.15, 0.2) is 13.2 Å². The predicted molar refractivity (Wildman–Crippen MR) is 119 cm³/mol. The summed E-state index contributed by atoms with van der Waals surface area (Å²) in [4.78, 5) is 32.9. The van der Waals surface area contributed by atoms with E-state index in [2.05, 4.69) is 20.6 Å². The number of halogens is 2. The molecule has 1 heterocycles. The monoisotopic (exact) mass is 478 g/mol. The number of nitrogens with one attached hydrogen (secondary N) is 2. The highest BCUT2D eigenvalue weighted by Crippen LogP contribution is 2.38. The van der Waals surface area contributed by atoms with Crippen molar-refractivity contribution < 1.29 is 19.1 Å². The molecule has 1 aromatic carbocycles. The number of amides is 2. The summed E-state index contributed by atoms with van der Waals surface area (Å²) < 4.78 is 10.9. The van der Waals surface area contributed by atoms with Crippen molar-refractivity contribution in [2.75, 3.05) is 13.2 Å². The van der Waals surface area contributed by atoms with E-state index in [1.165, 1.54) is 0 Å². The van der Waals surface area contributed by atoms with E-state index in [4.69, 9.17) is 32.7 Å². The lowest BCUT2D eigenvalue weighted by molar-refractivity contribution is -0.127. The highest BCUT2D eigenvalue weighted by molar-refractivity contribution is 6.42. The molecule has 2 N–H and O–H groups in total. The van der Waals surface area contributed by atoms with Gasteiger partial charge in [0, 0.05) is 23.6 Å². The largest absolute Gasteiger partial charge is 0.484 e. The molecule has 10 heteroatoms. The van der Waals surface area contributed by atoms with Gasteiger partial charge in [0.1, 0.15) is 5.75 Å². The molecule has 2 aliphatic rings. The third-order valence-electron chi connectivity index (χ3n) is 5.46. The number of aromatic nitrogens is 2. The van der Waals surface area contributed by atoms with E-state index in [9.17, 15) is 9.59 Å². The van der Waals surface area contributed by atoms with Crippen LogP contribution in [0.5, 0.6) is 11.6 Å². The van der Waals surface area contributed by atoms with Crippen LogP contribution in [-0.4, -0.2) is 46.6 Å². The first-order chi connectivity index (χ1) is 15.3. The van der Waals surface area contributed by atoms with E-state index in [1.54, 1.807) is 30.6 Å². The van der Waals surface area contributed by atoms with Crippen LogP contribution in [0.25, 0.3) is 0 Å². The van der Waals surface area contributed by atoms with Crippen molar-refractivity contribution >= 4 is 35.0 Å². The Labute approximate surface area is 196 Å². The lowest BCUT2D eigenvalue weighted by Gasteiger charge is -2.45. The number of rotatable bonds is 9. The number of hydrogen-bond donors (Lipinski definition) is 2. The zero-order chi connectivity index (χ0) is 22.7. The van der Waals surface area contributed by atoms with Gasteiger partial charge in [0.2, 0.25) is 5.88 Å². The number of hydrogen-bond acceptors (Lipinski definition) is 6. The first kappa shape index (κ1) is 22.6. The molecular weight excluding hydrogens is 455 g/mol. The molecule has 2 amide bonds. The first-order valence-electron chi connectivity index (χ1n) is 10.4. The molecule has 0 aliphatic heterocycles. The number of nitrogens with zero attached hydrogens (tertiary/aromatic N) is 2. The van der Waals surface area contributed by atoms with Gasteiger partial charge < -0.3 is 20.1 Å². The standard InChI is InChI=1S/C22H24Cl2N4O4/c1-22(28-20(30)12-31-15-4-5-16(23)17(24)6-15)7-14(8-22)27-19(29)11-32-21-10-25-18(9-26-21)13-2-3-13/h4-6,9-10,13-14H,2-3,7-8,11-12H2,1H3,(H,27,29)(H,28,30). The average Bonchev–Trinajstić information content (AvgIpc) is 3.58. The molecule has 2 saturated carbocycles. The van der Waals surface area contributed by atoms with Gasteiger partial charge in [-0.2, -0.15) is 0 Å². The summed E-state index contributed by atoms with van der Waals surface area (Å²) in [5, 5.41) is 6.63. The van der Waals surface area contributed by atoms with Crippen LogP contribution in [-0.2, 0) is 9.59 Å². The van der Waals surface area contributed by atoms with Gasteiger partial charge in [-0.05, 0) is 44.7 Å². The zero-order valence-corrected chi connectivity index (χ0v) is 19.1. The minimum atomic E-state index is -0.402. The Morgan fingerprint density at radius 1 is 1.06 bits per heavy atom. The number of carbonyl (C=O) groups is 2. The molecule has 0 spiro atoms. The molecule has 170 valence electrons. The van der Waals surface area contributed by atoms with Crippen LogP contribution in [0.4, 0.5) is 0 Å². The maximum atomic E-state index is 12.2. The molecule has 2 aromatic rings. The van der Waals surface area contributed by atoms with E-state index in [-0.39, 0.29) is 31.1 Å². The van der Waals surface area contributed by atoms with Crippen molar-refractivity contribution in [3.8, 4) is 11.6 Å². The Bertz CT molecular complexity index is 992. The van der Waals surface area contributed by atoms with Crippen molar-refractivity contribution in [3.63, 3.8) is 0 Å². The molecule has 2 fully saturated rings. The normalized spacial score (nSPS) is 21.9. The lowest BCUT2D eigenvalue weighted by Crippen LogP contribution is -2.62. The van der Waals surface area contributed by atoms with Crippen molar-refractivity contribution in [2.45, 2.75) is 50.1 Å². The Morgan fingerprint density at radius 2 is 1.81 bits per heavy atom. The fraction of sp³-hybridized carbons (Fsp3) is 0.455. The number of benzene rings is 1. The molecule has 32 heavy (non-hydrogen) atoms. The van der Waals surface area contributed by atoms with Crippen LogP contribution >= 0.6 is 23.2 Å². The molecule has 8 nitrogen and oxygen atoms in total. The summed E-state index contributed by atoms with van der Waals surface area (Å²) in [6.45, 7) is 1.66. The second-order valence-electron chi connectivity index (χ2n) is 8.49. The highest BCUT2D eigenvalue weighted by atomic mass is 35.5. The summed E-state index contributed by atoms with van der Waals surface area (Å²) in [5.41, 5.74) is 0.570. The van der Waals surface area contributed by atoms with Crippen LogP contribution < -0.4 is 20.1 Å². The minimum absolute atomic E-state index is 0.0317. The van der Waals surface area contributed by atoms with Crippen LogP contribution in [0, 0.1) is 0 Å². The lowest BCUT2D eigenvalue weighted by atomic mass is 9.74. The van der Waals surface area contributed by atoms with E-state index in [0.717, 1.165) is 18.5 Å². The predicted octanol–water partition coefficient (Wildman–Crippen LogP) is 3.27. The van der Waals surface area contributed by atoms with Gasteiger partial charge in [-0.25, -0.2) is 4.98 Å². The maximum Gasteiger partial charge on any atom is 0.258 e. The molecule has 0 saturated heterocycles. The van der Waals surface area contributed by atoms with Crippen LogP contribution in [0.3, 0.4) is 0 Å². The Kier molecular flexibility index (Phi) is 6.71. The summed E-state index contributed by atoms with van der Waals surface area (Å²) in [7, 11) is 0. The van der Waals surface area contributed by atoms with Crippen molar-refractivity contribution in [1.82, 2.24) is 20.6 Å². The first-order valence-corrected chi connectivity index (χ1v) is 11.2. The maximum absolute atomic E-state index is 12.2. The van der Waals surface area contributed by atoms with Crippen LogP contribution in [0.2, 0.25) is 10.0 Å². The van der Waals surface area contributed by atoms with Crippen LogP contribution in [0.1, 0.15) is 44.2 Å². The third-order valence-corrected chi connectivity index (χ3v) is 6.20. The molecule has 0 unspecified atom stereocenters. The summed E-state index contributed by atoms with van der Waals surface area (Å²) >= 11 is 11.8. The fourth-order valence-corrected chi connectivity index (χ4v) is 4.01. The Hall–Kier alpha value is -2.58. The van der Waals surface area contributed by atoms with Crippen molar-refractivity contribution in [1.29, 1.82) is 0 Å². The minimum Gasteiger partial charge on any atom is -0.484 e. The quantitative estimate of drug-likeness (QED) is 0.573. The van der Waals surface area contributed by atoms with Gasteiger partial charge in [-0.3, -0.25) is 14.6 Å². The molecule has 0 bridgehead atoms. The van der Waals surface area contributed by atoms with Crippen molar-refractivity contribution in [3.05, 3.63) is 46.3 Å². The van der Waals surface area contributed by atoms with E-state index >= 15 is 0 Å². The second kappa shape index (κ2) is 9.50. The average molecular weight is 479 g/mol. The zero-order valence-electron chi connectivity index (χ0n) is 17.6. The highest BCUT2D eigenvalue weighted by Gasteiger charge is 2.42. The summed E-state index contributed by atoms with van der Waals surface area (Å²) in [6.07, 6.45) is 6.80. The van der Waals surface area contributed by atoms with E-state index in [1.807, 2.05) is 6.92 Å². The number of ether oxygens (including phenoxy) is 2. The molecule has 2 aliphatic carbocycles. The smallest absolute Gasteiger partial charge is 0.258 e. The van der Waals surface area contributed by atoms with Gasteiger partial charge in [-0.1, -0.05) is 23.2 Å². The van der Waals surface area contributed by atoms with E-state index in [0.29, 0.717) is 40.4 Å². The molecule has 0 atom stereocenters. The Morgan fingerprint density at radius 3 is 2.47 bits per heavy atom.